The maximum Gasteiger partial charge on any atom is 0.292 e. The molecule has 98 valence electrons. The highest BCUT2D eigenvalue weighted by atomic mass is 16.6. The SMILES string of the molecule is COc1ccc([N+](=O)[O-])c(N2CCCC2CO)c1. The van der Waals surface area contributed by atoms with E-state index in [1.54, 1.807) is 12.1 Å². The third kappa shape index (κ3) is 2.24. The summed E-state index contributed by atoms with van der Waals surface area (Å²) in [4.78, 5) is 12.5. The Morgan fingerprint density at radius 3 is 3.00 bits per heavy atom. The van der Waals surface area contributed by atoms with E-state index in [0.717, 1.165) is 19.4 Å². The molecular formula is C12H16N2O4. The molecular weight excluding hydrogens is 236 g/mol. The summed E-state index contributed by atoms with van der Waals surface area (Å²) in [7, 11) is 1.53. The van der Waals surface area contributed by atoms with Gasteiger partial charge in [0.05, 0.1) is 24.7 Å². The molecule has 6 nitrogen and oxygen atoms in total. The van der Waals surface area contributed by atoms with Crippen LogP contribution in [0.4, 0.5) is 11.4 Å². The van der Waals surface area contributed by atoms with E-state index in [0.29, 0.717) is 11.4 Å². The van der Waals surface area contributed by atoms with Gasteiger partial charge in [-0.3, -0.25) is 10.1 Å². The Labute approximate surface area is 105 Å². The van der Waals surface area contributed by atoms with Crippen LogP contribution in [0.15, 0.2) is 18.2 Å². The molecule has 2 rings (SSSR count). The summed E-state index contributed by atoms with van der Waals surface area (Å²) in [6, 6.07) is 4.63. The molecule has 1 unspecified atom stereocenters. The lowest BCUT2D eigenvalue weighted by atomic mass is 10.2. The van der Waals surface area contributed by atoms with E-state index in [9.17, 15) is 15.2 Å². The second kappa shape index (κ2) is 5.22. The van der Waals surface area contributed by atoms with Crippen LogP contribution in [0.1, 0.15) is 12.8 Å². The Bertz CT molecular complexity index is 450. The van der Waals surface area contributed by atoms with Crippen LogP contribution >= 0.6 is 0 Å². The number of nitro groups is 1. The van der Waals surface area contributed by atoms with Crippen molar-refractivity contribution in [2.24, 2.45) is 0 Å². The molecule has 1 heterocycles. The molecule has 1 aromatic rings. The van der Waals surface area contributed by atoms with Crippen LogP contribution in [0.3, 0.4) is 0 Å². The first-order valence-corrected chi connectivity index (χ1v) is 5.87. The van der Waals surface area contributed by atoms with E-state index in [1.165, 1.54) is 13.2 Å². The van der Waals surface area contributed by atoms with Gasteiger partial charge in [-0.25, -0.2) is 0 Å². The van der Waals surface area contributed by atoms with Crippen molar-refractivity contribution in [3.8, 4) is 5.75 Å². The molecule has 1 aliphatic heterocycles. The van der Waals surface area contributed by atoms with Gasteiger partial charge in [-0.15, -0.1) is 0 Å². The first-order valence-electron chi connectivity index (χ1n) is 5.87. The van der Waals surface area contributed by atoms with Crippen molar-refractivity contribution in [2.75, 3.05) is 25.2 Å². The highest BCUT2D eigenvalue weighted by molar-refractivity contribution is 5.66. The lowest BCUT2D eigenvalue weighted by Gasteiger charge is -2.25. The molecule has 0 radical (unpaired) electrons. The Kier molecular flexibility index (Phi) is 3.66. The van der Waals surface area contributed by atoms with Crippen molar-refractivity contribution in [1.29, 1.82) is 0 Å². The van der Waals surface area contributed by atoms with E-state index in [4.69, 9.17) is 4.74 Å². The molecule has 18 heavy (non-hydrogen) atoms. The highest BCUT2D eigenvalue weighted by Crippen LogP contribution is 2.36. The Balaban J connectivity index is 2.42. The van der Waals surface area contributed by atoms with Crippen molar-refractivity contribution in [3.63, 3.8) is 0 Å². The van der Waals surface area contributed by atoms with Crippen molar-refractivity contribution in [2.45, 2.75) is 18.9 Å². The first-order chi connectivity index (χ1) is 8.67. The number of nitro benzene ring substituents is 1. The summed E-state index contributed by atoms with van der Waals surface area (Å²) in [5.74, 6) is 0.583. The topological polar surface area (TPSA) is 75.8 Å². The number of hydrogen-bond donors (Lipinski definition) is 1. The van der Waals surface area contributed by atoms with E-state index in [1.807, 2.05) is 4.90 Å². The molecule has 1 saturated heterocycles. The van der Waals surface area contributed by atoms with Gasteiger partial charge in [0.25, 0.3) is 5.69 Å². The van der Waals surface area contributed by atoms with Crippen molar-refractivity contribution < 1.29 is 14.8 Å². The van der Waals surface area contributed by atoms with Gasteiger partial charge >= 0.3 is 0 Å². The van der Waals surface area contributed by atoms with Crippen molar-refractivity contribution in [3.05, 3.63) is 28.3 Å². The summed E-state index contributed by atoms with van der Waals surface area (Å²) >= 11 is 0. The summed E-state index contributed by atoms with van der Waals surface area (Å²) < 4.78 is 5.11. The zero-order chi connectivity index (χ0) is 13.1. The molecule has 6 heteroatoms. The number of rotatable bonds is 4. The fraction of sp³-hybridized carbons (Fsp3) is 0.500. The molecule has 1 aromatic carbocycles. The molecule has 0 aliphatic carbocycles. The summed E-state index contributed by atoms with van der Waals surface area (Å²) in [5, 5.41) is 20.4. The van der Waals surface area contributed by atoms with E-state index in [2.05, 4.69) is 0 Å². The van der Waals surface area contributed by atoms with Crippen LogP contribution in [0, 0.1) is 10.1 Å². The molecule has 1 aliphatic rings. The number of methoxy groups -OCH3 is 1. The predicted molar refractivity (Wildman–Crippen MR) is 67.1 cm³/mol. The fourth-order valence-corrected chi connectivity index (χ4v) is 2.36. The van der Waals surface area contributed by atoms with Gasteiger partial charge in [0.1, 0.15) is 11.4 Å². The minimum absolute atomic E-state index is 0.00830. The van der Waals surface area contributed by atoms with Crippen molar-refractivity contribution in [1.82, 2.24) is 0 Å². The predicted octanol–water partition coefficient (Wildman–Crippen LogP) is 1.56. The number of hydrogen-bond acceptors (Lipinski definition) is 5. The molecule has 0 spiro atoms. The second-order valence-electron chi connectivity index (χ2n) is 4.28. The maximum atomic E-state index is 11.0. The van der Waals surface area contributed by atoms with E-state index < -0.39 is 4.92 Å². The van der Waals surface area contributed by atoms with Crippen LogP contribution < -0.4 is 9.64 Å². The molecule has 1 fully saturated rings. The first kappa shape index (κ1) is 12.6. The lowest BCUT2D eigenvalue weighted by molar-refractivity contribution is -0.384. The monoisotopic (exact) mass is 252 g/mol. The summed E-state index contributed by atoms with van der Waals surface area (Å²) in [6.45, 7) is 0.730. The van der Waals surface area contributed by atoms with Gasteiger partial charge in [-0.1, -0.05) is 0 Å². The zero-order valence-corrected chi connectivity index (χ0v) is 10.2. The smallest absolute Gasteiger partial charge is 0.292 e. The van der Waals surface area contributed by atoms with Gasteiger partial charge in [0.2, 0.25) is 0 Å². The third-order valence-electron chi connectivity index (χ3n) is 3.28. The summed E-state index contributed by atoms with van der Waals surface area (Å²) in [5.41, 5.74) is 0.576. The van der Waals surface area contributed by atoms with Crippen LogP contribution in [0.2, 0.25) is 0 Å². The minimum Gasteiger partial charge on any atom is -0.497 e. The van der Waals surface area contributed by atoms with Crippen molar-refractivity contribution >= 4 is 11.4 Å². The van der Waals surface area contributed by atoms with Crippen LogP contribution in [0.25, 0.3) is 0 Å². The standard InChI is InChI=1S/C12H16N2O4/c1-18-10-4-5-11(14(16)17)12(7-10)13-6-2-3-9(13)8-15/h4-5,7,9,15H,2-3,6,8H2,1H3. The van der Waals surface area contributed by atoms with Crippen LogP contribution in [0.5, 0.6) is 5.75 Å². The highest BCUT2D eigenvalue weighted by Gasteiger charge is 2.29. The second-order valence-corrected chi connectivity index (χ2v) is 4.28. The Morgan fingerprint density at radius 1 is 1.61 bits per heavy atom. The normalized spacial score (nSPS) is 19.0. The number of benzene rings is 1. The van der Waals surface area contributed by atoms with Crippen LogP contribution in [-0.2, 0) is 0 Å². The molecule has 0 saturated carbocycles. The molecule has 0 bridgehead atoms. The molecule has 0 aromatic heterocycles. The number of aliphatic hydroxyl groups excluding tert-OH is 1. The number of anilines is 1. The average Bonchev–Trinajstić information content (AvgIpc) is 2.85. The zero-order valence-electron chi connectivity index (χ0n) is 10.2. The fourth-order valence-electron chi connectivity index (χ4n) is 2.36. The number of nitrogens with zero attached hydrogens (tertiary/aromatic N) is 2. The van der Waals surface area contributed by atoms with Gasteiger partial charge in [0.15, 0.2) is 0 Å². The Morgan fingerprint density at radius 2 is 2.39 bits per heavy atom. The average molecular weight is 252 g/mol. The molecule has 0 amide bonds. The quantitative estimate of drug-likeness (QED) is 0.650. The van der Waals surface area contributed by atoms with Crippen LogP contribution in [-0.4, -0.2) is 36.3 Å². The van der Waals surface area contributed by atoms with E-state index in [-0.39, 0.29) is 18.3 Å². The van der Waals surface area contributed by atoms with Gasteiger partial charge in [-0.05, 0) is 18.9 Å². The van der Waals surface area contributed by atoms with E-state index >= 15 is 0 Å². The maximum absolute atomic E-state index is 11.0. The van der Waals surface area contributed by atoms with Gasteiger partial charge in [-0.2, -0.15) is 0 Å². The minimum atomic E-state index is -0.401. The largest absolute Gasteiger partial charge is 0.497 e. The number of aliphatic hydroxyl groups is 1. The lowest BCUT2D eigenvalue weighted by Crippen LogP contribution is -2.32. The van der Waals surface area contributed by atoms with Gasteiger partial charge in [0, 0.05) is 18.7 Å². The Hall–Kier alpha value is -1.82. The summed E-state index contributed by atoms with van der Waals surface area (Å²) in [6.07, 6.45) is 1.78. The molecule has 1 N–H and O–H groups in total. The number of ether oxygens (including phenoxy) is 1. The molecule has 1 atom stereocenters. The third-order valence-corrected chi connectivity index (χ3v) is 3.28. The van der Waals surface area contributed by atoms with Gasteiger partial charge < -0.3 is 14.7 Å².